The number of nitrogens with zero attached hydrogens (tertiary/aromatic N) is 3. The molecule has 0 aliphatic carbocycles. The predicted molar refractivity (Wildman–Crippen MR) is 94.8 cm³/mol. The van der Waals surface area contributed by atoms with Crippen molar-refractivity contribution in [3.63, 3.8) is 0 Å². The van der Waals surface area contributed by atoms with Crippen molar-refractivity contribution in [1.29, 1.82) is 0 Å². The summed E-state index contributed by atoms with van der Waals surface area (Å²) in [5.74, 6) is 0.647. The van der Waals surface area contributed by atoms with Crippen molar-refractivity contribution in [3.8, 4) is 5.88 Å². The lowest BCUT2D eigenvalue weighted by Crippen LogP contribution is -2.28. The van der Waals surface area contributed by atoms with Crippen LogP contribution >= 0.6 is 11.6 Å². The van der Waals surface area contributed by atoms with Gasteiger partial charge >= 0.3 is 6.03 Å². The van der Waals surface area contributed by atoms with E-state index in [9.17, 15) is 4.79 Å². The van der Waals surface area contributed by atoms with Crippen molar-refractivity contribution in [2.24, 2.45) is 0 Å². The maximum Gasteiger partial charge on any atom is 0.324 e. The fourth-order valence-electron chi connectivity index (χ4n) is 2.07. The van der Waals surface area contributed by atoms with Gasteiger partial charge in [-0.3, -0.25) is 10.3 Å². The minimum absolute atomic E-state index is 0.0511. The number of rotatable bonds is 6. The van der Waals surface area contributed by atoms with Crippen LogP contribution in [0, 0.1) is 0 Å². The van der Waals surface area contributed by atoms with E-state index in [0.29, 0.717) is 22.4 Å². The number of hydrogen-bond donors (Lipinski definition) is 2. The SMILES string of the molecule is CC(CN(C)C)Oc1cncc(NC(=O)Nc2cccc(Cl)c2)n1. The minimum Gasteiger partial charge on any atom is -0.472 e. The third kappa shape index (κ3) is 6.02. The number of hydrogen-bond acceptors (Lipinski definition) is 5. The van der Waals surface area contributed by atoms with Gasteiger partial charge in [-0.1, -0.05) is 17.7 Å². The molecular weight excluding hydrogens is 330 g/mol. The predicted octanol–water partition coefficient (Wildman–Crippen LogP) is 3.10. The van der Waals surface area contributed by atoms with Gasteiger partial charge < -0.3 is 15.0 Å². The quantitative estimate of drug-likeness (QED) is 0.837. The molecule has 1 heterocycles. The summed E-state index contributed by atoms with van der Waals surface area (Å²) in [5.41, 5.74) is 0.583. The molecule has 128 valence electrons. The zero-order valence-electron chi connectivity index (χ0n) is 13.8. The second-order valence-corrected chi connectivity index (χ2v) is 5.96. The van der Waals surface area contributed by atoms with E-state index in [-0.39, 0.29) is 6.10 Å². The molecule has 8 heteroatoms. The van der Waals surface area contributed by atoms with Crippen LogP contribution in [0.2, 0.25) is 5.02 Å². The van der Waals surface area contributed by atoms with Crippen LogP contribution in [0.1, 0.15) is 6.92 Å². The summed E-state index contributed by atoms with van der Waals surface area (Å²) in [5, 5.41) is 5.81. The van der Waals surface area contributed by atoms with E-state index in [4.69, 9.17) is 16.3 Å². The first kappa shape index (κ1) is 18.0. The van der Waals surface area contributed by atoms with Crippen LogP contribution < -0.4 is 15.4 Å². The van der Waals surface area contributed by atoms with Gasteiger partial charge in [-0.25, -0.2) is 4.79 Å². The Balaban J connectivity index is 1.94. The Morgan fingerprint density at radius 1 is 1.33 bits per heavy atom. The molecule has 0 saturated carbocycles. The van der Waals surface area contributed by atoms with Crippen molar-refractivity contribution in [2.45, 2.75) is 13.0 Å². The van der Waals surface area contributed by atoms with Crippen LogP contribution in [0.4, 0.5) is 16.3 Å². The normalized spacial score (nSPS) is 11.9. The molecular formula is C16H20ClN5O2. The van der Waals surface area contributed by atoms with Gasteiger partial charge in [0.2, 0.25) is 5.88 Å². The molecule has 7 nitrogen and oxygen atoms in total. The molecule has 2 amide bonds. The van der Waals surface area contributed by atoms with E-state index in [2.05, 4.69) is 20.6 Å². The topological polar surface area (TPSA) is 79.4 Å². The number of carbonyl (C=O) groups excluding carboxylic acids is 1. The van der Waals surface area contributed by atoms with Gasteiger partial charge in [0.15, 0.2) is 5.82 Å². The first-order valence-corrected chi connectivity index (χ1v) is 7.77. The standard InChI is InChI=1S/C16H20ClN5O2/c1-11(10-22(2)3)24-15-9-18-8-14(20-15)21-16(23)19-13-6-4-5-12(17)7-13/h4-9,11H,10H2,1-3H3,(H2,19,20,21,23). The van der Waals surface area contributed by atoms with E-state index in [0.717, 1.165) is 6.54 Å². The third-order valence-corrected chi connectivity index (χ3v) is 3.12. The number of aromatic nitrogens is 2. The van der Waals surface area contributed by atoms with Crippen LogP contribution in [-0.4, -0.2) is 47.6 Å². The number of likely N-dealkylation sites (N-methyl/N-ethyl adjacent to an activating group) is 1. The highest BCUT2D eigenvalue weighted by Crippen LogP contribution is 2.16. The van der Waals surface area contributed by atoms with E-state index >= 15 is 0 Å². The lowest BCUT2D eigenvalue weighted by atomic mass is 10.3. The number of amides is 2. The number of nitrogens with one attached hydrogen (secondary N) is 2. The molecule has 24 heavy (non-hydrogen) atoms. The molecule has 0 saturated heterocycles. The summed E-state index contributed by atoms with van der Waals surface area (Å²) in [6, 6.07) is 6.42. The molecule has 0 spiro atoms. The molecule has 1 aromatic carbocycles. The van der Waals surface area contributed by atoms with Crippen molar-refractivity contribution in [1.82, 2.24) is 14.9 Å². The monoisotopic (exact) mass is 349 g/mol. The fraction of sp³-hybridized carbons (Fsp3) is 0.312. The maximum atomic E-state index is 12.0. The highest BCUT2D eigenvalue weighted by Gasteiger charge is 2.09. The Morgan fingerprint density at radius 2 is 2.12 bits per heavy atom. The van der Waals surface area contributed by atoms with Crippen molar-refractivity contribution < 1.29 is 9.53 Å². The molecule has 1 atom stereocenters. The summed E-state index contributed by atoms with van der Waals surface area (Å²) in [4.78, 5) is 22.2. The van der Waals surface area contributed by atoms with Crippen LogP contribution in [0.25, 0.3) is 0 Å². The number of halogens is 1. The summed E-state index contributed by atoms with van der Waals surface area (Å²) in [6.45, 7) is 2.68. The van der Waals surface area contributed by atoms with Gasteiger partial charge in [-0.2, -0.15) is 4.98 Å². The highest BCUT2D eigenvalue weighted by molar-refractivity contribution is 6.30. The van der Waals surface area contributed by atoms with Crippen LogP contribution in [0.15, 0.2) is 36.7 Å². The maximum absolute atomic E-state index is 12.0. The van der Waals surface area contributed by atoms with Crippen molar-refractivity contribution in [2.75, 3.05) is 31.3 Å². The summed E-state index contributed by atoms with van der Waals surface area (Å²) < 4.78 is 5.68. The number of anilines is 2. The van der Waals surface area contributed by atoms with E-state index < -0.39 is 6.03 Å². The number of carbonyl (C=O) groups is 1. The smallest absolute Gasteiger partial charge is 0.324 e. The number of benzene rings is 1. The molecule has 1 unspecified atom stereocenters. The van der Waals surface area contributed by atoms with Crippen molar-refractivity contribution >= 4 is 29.1 Å². The van der Waals surface area contributed by atoms with Crippen LogP contribution in [-0.2, 0) is 0 Å². The van der Waals surface area contributed by atoms with E-state index in [1.807, 2.05) is 25.9 Å². The highest BCUT2D eigenvalue weighted by atomic mass is 35.5. The van der Waals surface area contributed by atoms with Gasteiger partial charge in [-0.15, -0.1) is 0 Å². The largest absolute Gasteiger partial charge is 0.472 e. The lowest BCUT2D eigenvalue weighted by molar-refractivity contribution is 0.170. The Kier molecular flexibility index (Phi) is 6.34. The van der Waals surface area contributed by atoms with Gasteiger partial charge in [0.1, 0.15) is 6.10 Å². The summed E-state index contributed by atoms with van der Waals surface area (Å²) in [6.07, 6.45) is 2.90. The Hall–Kier alpha value is -2.38. The first-order chi connectivity index (χ1) is 11.4. The van der Waals surface area contributed by atoms with Gasteiger partial charge in [-0.05, 0) is 39.2 Å². The zero-order chi connectivity index (χ0) is 17.5. The average molecular weight is 350 g/mol. The third-order valence-electron chi connectivity index (χ3n) is 2.88. The fourth-order valence-corrected chi connectivity index (χ4v) is 2.26. The molecule has 2 rings (SSSR count). The molecule has 0 radical (unpaired) electrons. The van der Waals surface area contributed by atoms with Crippen LogP contribution in [0.5, 0.6) is 5.88 Å². The Bertz CT molecular complexity index is 696. The molecule has 0 bridgehead atoms. The van der Waals surface area contributed by atoms with E-state index in [1.54, 1.807) is 24.3 Å². The summed E-state index contributed by atoms with van der Waals surface area (Å²) >= 11 is 5.88. The summed E-state index contributed by atoms with van der Waals surface area (Å²) in [7, 11) is 3.92. The van der Waals surface area contributed by atoms with Gasteiger partial charge in [0.05, 0.1) is 12.4 Å². The molecule has 0 aliphatic heterocycles. The average Bonchev–Trinajstić information content (AvgIpc) is 2.46. The second kappa shape index (κ2) is 8.47. The minimum atomic E-state index is -0.440. The molecule has 1 aromatic heterocycles. The Morgan fingerprint density at radius 3 is 2.83 bits per heavy atom. The first-order valence-electron chi connectivity index (χ1n) is 7.39. The number of ether oxygens (including phenoxy) is 1. The number of urea groups is 1. The molecule has 2 N–H and O–H groups in total. The van der Waals surface area contributed by atoms with Gasteiger partial charge in [0, 0.05) is 17.3 Å². The second-order valence-electron chi connectivity index (χ2n) is 5.52. The lowest BCUT2D eigenvalue weighted by Gasteiger charge is -2.18. The van der Waals surface area contributed by atoms with E-state index in [1.165, 1.54) is 12.4 Å². The molecule has 2 aromatic rings. The zero-order valence-corrected chi connectivity index (χ0v) is 14.5. The Labute approximate surface area is 146 Å². The molecule has 0 aliphatic rings. The van der Waals surface area contributed by atoms with Crippen molar-refractivity contribution in [3.05, 3.63) is 41.7 Å². The van der Waals surface area contributed by atoms with Gasteiger partial charge in [0.25, 0.3) is 0 Å². The molecule has 0 fully saturated rings. The van der Waals surface area contributed by atoms with Crippen LogP contribution in [0.3, 0.4) is 0 Å².